The van der Waals surface area contributed by atoms with E-state index in [0.29, 0.717) is 5.69 Å². The van der Waals surface area contributed by atoms with Crippen LogP contribution in [0.1, 0.15) is 21.6 Å². The van der Waals surface area contributed by atoms with E-state index in [1.54, 1.807) is 11.3 Å². The molecule has 0 aliphatic carbocycles. The summed E-state index contributed by atoms with van der Waals surface area (Å²) in [6, 6.07) is 10.4. The number of rotatable bonds is 2. The average Bonchev–Trinajstić information content (AvgIpc) is 3.19. The number of anilines is 1. The maximum absolute atomic E-state index is 12.7. The fourth-order valence-corrected chi connectivity index (χ4v) is 4.15. The van der Waals surface area contributed by atoms with Gasteiger partial charge < -0.3 is 14.8 Å². The summed E-state index contributed by atoms with van der Waals surface area (Å²) in [6.45, 7) is 7.61. The molecule has 24 heavy (non-hydrogen) atoms. The van der Waals surface area contributed by atoms with Gasteiger partial charge in [0.05, 0.1) is 10.2 Å². The fourth-order valence-electron chi connectivity index (χ4n) is 3.36. The first-order valence-corrected chi connectivity index (χ1v) is 9.18. The molecule has 0 saturated carbocycles. The number of nitrogens with zero attached hydrogens (tertiary/aromatic N) is 2. The summed E-state index contributed by atoms with van der Waals surface area (Å²) in [5, 5.41) is 2.04. The normalized spacial score (nSPS) is 15.2. The van der Waals surface area contributed by atoms with E-state index in [-0.39, 0.29) is 5.91 Å². The molecule has 0 bridgehead atoms. The Morgan fingerprint density at radius 2 is 1.92 bits per heavy atom. The summed E-state index contributed by atoms with van der Waals surface area (Å²) in [7, 11) is 0. The second-order valence-corrected chi connectivity index (χ2v) is 7.33. The predicted molar refractivity (Wildman–Crippen MR) is 100 cm³/mol. The van der Waals surface area contributed by atoms with Crippen LogP contribution in [-0.4, -0.2) is 42.0 Å². The van der Waals surface area contributed by atoms with Crippen molar-refractivity contribution in [2.45, 2.75) is 13.8 Å². The molecule has 1 aliphatic rings. The number of aromatic amines is 1. The summed E-state index contributed by atoms with van der Waals surface area (Å²) >= 11 is 1.66. The number of hydrogen-bond donors (Lipinski definition) is 1. The number of aryl methyl sites for hydroxylation is 1. The zero-order valence-corrected chi connectivity index (χ0v) is 14.8. The number of aromatic nitrogens is 1. The van der Waals surface area contributed by atoms with Crippen LogP contribution in [0.3, 0.4) is 0 Å². The van der Waals surface area contributed by atoms with Gasteiger partial charge in [-0.2, -0.15) is 0 Å². The molecule has 124 valence electrons. The van der Waals surface area contributed by atoms with Crippen molar-refractivity contribution in [3.63, 3.8) is 0 Å². The lowest BCUT2D eigenvalue weighted by Crippen LogP contribution is -2.49. The Bertz CT molecular complexity index is 859. The second-order valence-electron chi connectivity index (χ2n) is 6.38. The van der Waals surface area contributed by atoms with Crippen molar-refractivity contribution in [3.05, 3.63) is 52.5 Å². The molecule has 4 nitrogen and oxygen atoms in total. The first kappa shape index (κ1) is 15.3. The number of carbonyl (C=O) groups excluding carboxylic acids is 1. The van der Waals surface area contributed by atoms with E-state index < -0.39 is 0 Å². The largest absolute Gasteiger partial charge is 0.368 e. The number of thiophene rings is 1. The zero-order chi connectivity index (χ0) is 16.7. The van der Waals surface area contributed by atoms with Crippen molar-refractivity contribution in [1.82, 2.24) is 9.88 Å². The lowest BCUT2D eigenvalue weighted by Gasteiger charge is -2.36. The Morgan fingerprint density at radius 3 is 2.67 bits per heavy atom. The van der Waals surface area contributed by atoms with Gasteiger partial charge >= 0.3 is 0 Å². The zero-order valence-electron chi connectivity index (χ0n) is 14.0. The molecule has 1 fully saturated rings. The third-order valence-corrected chi connectivity index (χ3v) is 5.82. The van der Waals surface area contributed by atoms with E-state index in [1.807, 2.05) is 22.4 Å². The Hall–Kier alpha value is -2.27. The summed E-state index contributed by atoms with van der Waals surface area (Å²) < 4.78 is 1.15. The number of carbonyl (C=O) groups is 1. The van der Waals surface area contributed by atoms with Crippen molar-refractivity contribution < 1.29 is 4.79 Å². The van der Waals surface area contributed by atoms with Crippen LogP contribution in [0, 0.1) is 13.8 Å². The van der Waals surface area contributed by atoms with E-state index in [0.717, 1.165) is 36.4 Å². The van der Waals surface area contributed by atoms with E-state index in [9.17, 15) is 4.79 Å². The minimum absolute atomic E-state index is 0.110. The minimum Gasteiger partial charge on any atom is -0.368 e. The highest BCUT2D eigenvalue weighted by atomic mass is 32.1. The van der Waals surface area contributed by atoms with Crippen LogP contribution in [-0.2, 0) is 0 Å². The van der Waals surface area contributed by atoms with Crippen LogP contribution in [0.2, 0.25) is 0 Å². The van der Waals surface area contributed by atoms with Crippen molar-refractivity contribution >= 4 is 33.1 Å². The molecule has 1 N–H and O–H groups in total. The fraction of sp³-hybridized carbons (Fsp3) is 0.316. The molecule has 3 heterocycles. The molecular weight excluding hydrogens is 318 g/mol. The van der Waals surface area contributed by atoms with Gasteiger partial charge in [-0.1, -0.05) is 12.1 Å². The van der Waals surface area contributed by atoms with Gasteiger partial charge in [-0.15, -0.1) is 11.3 Å². The number of hydrogen-bond acceptors (Lipinski definition) is 3. The molecule has 1 saturated heterocycles. The molecule has 0 atom stereocenters. The molecule has 0 radical (unpaired) electrons. The summed E-state index contributed by atoms with van der Waals surface area (Å²) in [6.07, 6.45) is 0. The van der Waals surface area contributed by atoms with Gasteiger partial charge in [0, 0.05) is 31.9 Å². The predicted octanol–water partition coefficient (Wildman–Crippen LogP) is 3.81. The van der Waals surface area contributed by atoms with Crippen LogP contribution < -0.4 is 4.90 Å². The molecule has 5 heteroatoms. The number of benzene rings is 1. The molecule has 0 spiro atoms. The molecule has 1 aromatic carbocycles. The molecule has 2 aromatic heterocycles. The summed E-state index contributed by atoms with van der Waals surface area (Å²) in [5.41, 5.74) is 5.70. The maximum atomic E-state index is 12.7. The highest BCUT2D eigenvalue weighted by Crippen LogP contribution is 2.25. The smallest absolute Gasteiger partial charge is 0.270 e. The third kappa shape index (κ3) is 2.59. The van der Waals surface area contributed by atoms with E-state index in [1.165, 1.54) is 16.8 Å². The number of amides is 1. The Morgan fingerprint density at radius 1 is 1.12 bits per heavy atom. The topological polar surface area (TPSA) is 39.3 Å². The highest BCUT2D eigenvalue weighted by molar-refractivity contribution is 7.17. The molecule has 4 rings (SSSR count). The van der Waals surface area contributed by atoms with Gasteiger partial charge in [-0.3, -0.25) is 4.79 Å². The number of piperazine rings is 1. The van der Waals surface area contributed by atoms with E-state index >= 15 is 0 Å². The van der Waals surface area contributed by atoms with E-state index in [4.69, 9.17) is 0 Å². The van der Waals surface area contributed by atoms with Gasteiger partial charge in [0.25, 0.3) is 5.91 Å². The standard InChI is InChI=1S/C19H21N3OS/c1-13-4-3-5-17(14(13)2)21-7-9-22(10-8-21)19(23)16-12-18-15(20-16)6-11-24-18/h3-6,11-12,20H,7-10H2,1-2H3. The Labute approximate surface area is 145 Å². The minimum atomic E-state index is 0.110. The lowest BCUT2D eigenvalue weighted by atomic mass is 10.1. The average molecular weight is 339 g/mol. The monoisotopic (exact) mass is 339 g/mol. The van der Waals surface area contributed by atoms with Crippen LogP contribution in [0.15, 0.2) is 35.7 Å². The van der Waals surface area contributed by atoms with Gasteiger partial charge in [0.2, 0.25) is 0 Å². The molecule has 1 aliphatic heterocycles. The van der Waals surface area contributed by atoms with Gasteiger partial charge in [-0.25, -0.2) is 0 Å². The Balaban J connectivity index is 1.46. The van der Waals surface area contributed by atoms with E-state index in [2.05, 4.69) is 41.9 Å². The molecular formula is C19H21N3OS. The third-order valence-electron chi connectivity index (χ3n) is 4.95. The van der Waals surface area contributed by atoms with Crippen molar-refractivity contribution in [2.24, 2.45) is 0 Å². The van der Waals surface area contributed by atoms with Crippen LogP contribution in [0.25, 0.3) is 10.2 Å². The van der Waals surface area contributed by atoms with Crippen LogP contribution >= 0.6 is 11.3 Å². The highest BCUT2D eigenvalue weighted by Gasteiger charge is 2.24. The maximum Gasteiger partial charge on any atom is 0.270 e. The molecule has 0 unspecified atom stereocenters. The quantitative estimate of drug-likeness (QED) is 0.771. The van der Waals surface area contributed by atoms with Gasteiger partial charge in [-0.05, 0) is 48.6 Å². The number of H-pyrrole nitrogens is 1. The number of nitrogens with one attached hydrogen (secondary N) is 1. The second kappa shape index (κ2) is 5.98. The first-order valence-electron chi connectivity index (χ1n) is 8.30. The Kier molecular flexibility index (Phi) is 3.81. The lowest BCUT2D eigenvalue weighted by molar-refractivity contribution is 0.0742. The molecule has 3 aromatic rings. The van der Waals surface area contributed by atoms with Crippen molar-refractivity contribution in [3.8, 4) is 0 Å². The van der Waals surface area contributed by atoms with Gasteiger partial charge in [0.1, 0.15) is 5.69 Å². The van der Waals surface area contributed by atoms with Crippen molar-refractivity contribution in [2.75, 3.05) is 31.1 Å². The SMILES string of the molecule is Cc1cccc(N2CCN(C(=O)c3cc4sccc4[nH]3)CC2)c1C. The van der Waals surface area contributed by atoms with Crippen LogP contribution in [0.4, 0.5) is 5.69 Å². The van der Waals surface area contributed by atoms with Gasteiger partial charge in [0.15, 0.2) is 0 Å². The first-order chi connectivity index (χ1) is 11.6. The van der Waals surface area contributed by atoms with Crippen molar-refractivity contribution in [1.29, 1.82) is 0 Å². The molecule has 1 amide bonds. The number of fused-ring (bicyclic) bond motifs is 1. The summed E-state index contributed by atoms with van der Waals surface area (Å²) in [4.78, 5) is 20.3. The summed E-state index contributed by atoms with van der Waals surface area (Å²) in [5.74, 6) is 0.110. The van der Waals surface area contributed by atoms with Crippen LogP contribution in [0.5, 0.6) is 0 Å².